The number of nitrogens with zero attached hydrogens (tertiary/aromatic N) is 2. The van der Waals surface area contributed by atoms with Gasteiger partial charge in [-0.25, -0.2) is 4.79 Å². The number of carbonyl (C=O) groups excluding carboxylic acids is 1. The monoisotopic (exact) mass is 302 g/mol. The SMILES string of the molecule is CCN(c1cc(C#N)cc(C(=O)OC)c1C)C1CCOCC1. The summed E-state index contributed by atoms with van der Waals surface area (Å²) in [7, 11) is 1.36. The van der Waals surface area contributed by atoms with Crippen LogP contribution in [0.25, 0.3) is 0 Å². The molecular formula is C17H22N2O3. The van der Waals surface area contributed by atoms with E-state index in [-0.39, 0.29) is 0 Å². The van der Waals surface area contributed by atoms with Gasteiger partial charge in [-0.2, -0.15) is 5.26 Å². The third-order valence-corrected chi connectivity index (χ3v) is 4.20. The van der Waals surface area contributed by atoms with Crippen LogP contribution in [0, 0.1) is 18.3 Å². The molecule has 0 unspecified atom stereocenters. The zero-order valence-electron chi connectivity index (χ0n) is 13.4. The second-order valence-electron chi connectivity index (χ2n) is 5.40. The van der Waals surface area contributed by atoms with Crippen LogP contribution >= 0.6 is 0 Å². The van der Waals surface area contributed by atoms with E-state index >= 15 is 0 Å². The average Bonchev–Trinajstić information content (AvgIpc) is 2.57. The van der Waals surface area contributed by atoms with Crippen LogP contribution in [0.1, 0.15) is 41.3 Å². The third kappa shape index (κ3) is 3.23. The molecule has 1 aliphatic heterocycles. The number of hydrogen-bond donors (Lipinski definition) is 0. The number of carbonyl (C=O) groups is 1. The minimum absolute atomic E-state index is 0.372. The lowest BCUT2D eigenvalue weighted by atomic mass is 9.99. The van der Waals surface area contributed by atoms with Gasteiger partial charge in [0.2, 0.25) is 0 Å². The topological polar surface area (TPSA) is 62.6 Å². The van der Waals surface area contributed by atoms with Gasteiger partial charge in [0.05, 0.1) is 24.3 Å². The predicted molar refractivity (Wildman–Crippen MR) is 84.1 cm³/mol. The molecule has 1 heterocycles. The summed E-state index contributed by atoms with van der Waals surface area (Å²) in [5, 5.41) is 9.26. The Morgan fingerprint density at radius 2 is 2.14 bits per heavy atom. The maximum absolute atomic E-state index is 12.0. The van der Waals surface area contributed by atoms with Crippen LogP contribution in [0.4, 0.5) is 5.69 Å². The van der Waals surface area contributed by atoms with Gasteiger partial charge in [0.15, 0.2) is 0 Å². The largest absolute Gasteiger partial charge is 0.465 e. The van der Waals surface area contributed by atoms with Gasteiger partial charge in [-0.3, -0.25) is 0 Å². The van der Waals surface area contributed by atoms with Crippen LogP contribution < -0.4 is 4.90 Å². The van der Waals surface area contributed by atoms with E-state index in [0.29, 0.717) is 17.2 Å². The standard InChI is InChI=1S/C17H22N2O3/c1-4-19(14-5-7-22-8-6-14)16-10-13(11-18)9-15(12(16)2)17(20)21-3/h9-10,14H,4-8H2,1-3H3. The van der Waals surface area contributed by atoms with Crippen LogP contribution in [0.15, 0.2) is 12.1 Å². The Kier molecular flexibility index (Phi) is 5.40. The number of nitriles is 1. The van der Waals surface area contributed by atoms with Gasteiger partial charge in [-0.05, 0) is 44.4 Å². The summed E-state index contributed by atoms with van der Waals surface area (Å²) in [6, 6.07) is 5.97. The Balaban J connectivity index is 2.47. The maximum atomic E-state index is 12.0. The number of ether oxygens (including phenoxy) is 2. The van der Waals surface area contributed by atoms with Gasteiger partial charge in [0, 0.05) is 31.5 Å². The molecule has 118 valence electrons. The van der Waals surface area contributed by atoms with Crippen LogP contribution in [-0.4, -0.2) is 38.9 Å². The van der Waals surface area contributed by atoms with E-state index in [9.17, 15) is 10.1 Å². The van der Waals surface area contributed by atoms with Crippen molar-refractivity contribution in [2.45, 2.75) is 32.7 Å². The molecule has 1 aromatic rings. The molecule has 0 bridgehead atoms. The van der Waals surface area contributed by atoms with Gasteiger partial charge < -0.3 is 14.4 Å². The molecule has 5 nitrogen and oxygen atoms in total. The zero-order valence-corrected chi connectivity index (χ0v) is 13.4. The Labute approximate surface area is 131 Å². The van der Waals surface area contributed by atoms with E-state index in [2.05, 4.69) is 17.9 Å². The van der Waals surface area contributed by atoms with Crippen molar-refractivity contribution in [3.8, 4) is 6.07 Å². The quantitative estimate of drug-likeness (QED) is 0.800. The van der Waals surface area contributed by atoms with Gasteiger partial charge in [-0.1, -0.05) is 0 Å². The summed E-state index contributed by atoms with van der Waals surface area (Å²) in [5.74, 6) is -0.404. The summed E-state index contributed by atoms with van der Waals surface area (Å²) >= 11 is 0. The molecule has 0 aliphatic carbocycles. The first-order valence-corrected chi connectivity index (χ1v) is 7.59. The highest BCUT2D eigenvalue weighted by atomic mass is 16.5. The zero-order chi connectivity index (χ0) is 16.1. The Hall–Kier alpha value is -2.06. The number of benzene rings is 1. The van der Waals surface area contributed by atoms with Crippen LogP contribution in [-0.2, 0) is 9.47 Å². The highest BCUT2D eigenvalue weighted by molar-refractivity contribution is 5.93. The number of rotatable bonds is 4. The first-order valence-electron chi connectivity index (χ1n) is 7.59. The van der Waals surface area contributed by atoms with Crippen molar-refractivity contribution >= 4 is 11.7 Å². The molecule has 0 saturated carbocycles. The van der Waals surface area contributed by atoms with E-state index in [0.717, 1.165) is 43.9 Å². The van der Waals surface area contributed by atoms with Crippen LogP contribution in [0.3, 0.4) is 0 Å². The molecule has 1 saturated heterocycles. The molecule has 0 aromatic heterocycles. The molecular weight excluding hydrogens is 280 g/mol. The van der Waals surface area contributed by atoms with E-state index < -0.39 is 5.97 Å². The lowest BCUT2D eigenvalue weighted by Gasteiger charge is -2.36. The number of hydrogen-bond acceptors (Lipinski definition) is 5. The van der Waals surface area contributed by atoms with Crippen molar-refractivity contribution in [3.63, 3.8) is 0 Å². The molecule has 0 spiro atoms. The van der Waals surface area contributed by atoms with Gasteiger partial charge in [-0.15, -0.1) is 0 Å². The minimum atomic E-state index is -0.404. The van der Waals surface area contributed by atoms with Gasteiger partial charge >= 0.3 is 5.97 Å². The molecule has 1 aliphatic rings. The van der Waals surface area contributed by atoms with Crippen molar-refractivity contribution in [2.24, 2.45) is 0 Å². The Morgan fingerprint density at radius 1 is 1.45 bits per heavy atom. The first-order chi connectivity index (χ1) is 10.6. The predicted octanol–water partition coefficient (Wildman–Crippen LogP) is 2.66. The van der Waals surface area contributed by atoms with Crippen molar-refractivity contribution in [1.82, 2.24) is 0 Å². The second-order valence-corrected chi connectivity index (χ2v) is 5.40. The average molecular weight is 302 g/mol. The van der Waals surface area contributed by atoms with E-state index in [1.807, 2.05) is 13.0 Å². The molecule has 5 heteroatoms. The number of methoxy groups -OCH3 is 1. The minimum Gasteiger partial charge on any atom is -0.465 e. The molecule has 0 N–H and O–H groups in total. The van der Waals surface area contributed by atoms with Crippen molar-refractivity contribution in [1.29, 1.82) is 5.26 Å². The fourth-order valence-corrected chi connectivity index (χ4v) is 3.01. The third-order valence-electron chi connectivity index (χ3n) is 4.20. The normalized spacial score (nSPS) is 15.2. The van der Waals surface area contributed by atoms with E-state index in [1.165, 1.54) is 7.11 Å². The lowest BCUT2D eigenvalue weighted by Crippen LogP contribution is -2.40. The summed E-state index contributed by atoms with van der Waals surface area (Å²) in [6.45, 7) is 6.32. The smallest absolute Gasteiger partial charge is 0.338 e. The van der Waals surface area contributed by atoms with Crippen molar-refractivity contribution in [3.05, 3.63) is 28.8 Å². The fraction of sp³-hybridized carbons (Fsp3) is 0.529. The molecule has 0 radical (unpaired) electrons. The molecule has 0 amide bonds. The highest BCUT2D eigenvalue weighted by Crippen LogP contribution is 2.30. The van der Waals surface area contributed by atoms with Gasteiger partial charge in [0.1, 0.15) is 0 Å². The molecule has 22 heavy (non-hydrogen) atoms. The molecule has 1 fully saturated rings. The summed E-state index contributed by atoms with van der Waals surface area (Å²) in [5.41, 5.74) is 2.74. The second kappa shape index (κ2) is 7.28. The first kappa shape index (κ1) is 16.3. The summed E-state index contributed by atoms with van der Waals surface area (Å²) < 4.78 is 10.3. The number of anilines is 1. The molecule has 1 aromatic carbocycles. The Morgan fingerprint density at radius 3 is 2.68 bits per heavy atom. The maximum Gasteiger partial charge on any atom is 0.338 e. The molecule has 2 rings (SSSR count). The van der Waals surface area contributed by atoms with Crippen LogP contribution in [0.5, 0.6) is 0 Å². The fourth-order valence-electron chi connectivity index (χ4n) is 3.01. The van der Waals surface area contributed by atoms with E-state index in [4.69, 9.17) is 9.47 Å². The van der Waals surface area contributed by atoms with Crippen molar-refractivity contribution < 1.29 is 14.3 Å². The van der Waals surface area contributed by atoms with Crippen LogP contribution in [0.2, 0.25) is 0 Å². The lowest BCUT2D eigenvalue weighted by molar-refractivity contribution is 0.0599. The summed E-state index contributed by atoms with van der Waals surface area (Å²) in [4.78, 5) is 14.2. The summed E-state index contributed by atoms with van der Waals surface area (Å²) in [6.07, 6.45) is 1.91. The van der Waals surface area contributed by atoms with E-state index in [1.54, 1.807) is 6.07 Å². The van der Waals surface area contributed by atoms with Gasteiger partial charge in [0.25, 0.3) is 0 Å². The molecule has 0 atom stereocenters. The van der Waals surface area contributed by atoms with Crippen molar-refractivity contribution in [2.75, 3.05) is 31.8 Å². The highest BCUT2D eigenvalue weighted by Gasteiger charge is 2.24. The number of esters is 1. The Bertz CT molecular complexity index is 586.